The average molecular weight is 463 g/mol. The zero-order valence-electron chi connectivity index (χ0n) is 21.4. The van der Waals surface area contributed by atoms with Crippen LogP contribution >= 0.6 is 0 Å². The molecule has 0 bridgehead atoms. The van der Waals surface area contributed by atoms with E-state index in [0.717, 1.165) is 42.6 Å². The molecular weight excluding hydrogens is 424 g/mol. The molecule has 3 aromatic rings. The number of hydrogen-bond acceptors (Lipinski definition) is 5. The van der Waals surface area contributed by atoms with Crippen LogP contribution in [0.25, 0.3) is 10.8 Å². The SMILES string of the molecule is Cc1cnc(CC(NCCCCN(C)C(=O)OC(C)(C)C)c2nccc3ccccc23)c(C)c1. The lowest BCUT2D eigenvalue weighted by molar-refractivity contribution is 0.0296. The van der Waals surface area contributed by atoms with Crippen molar-refractivity contribution < 1.29 is 9.53 Å². The molecule has 0 radical (unpaired) electrons. The van der Waals surface area contributed by atoms with Gasteiger partial charge in [0.15, 0.2) is 0 Å². The number of rotatable bonds is 9. The van der Waals surface area contributed by atoms with Crippen LogP contribution in [0.5, 0.6) is 0 Å². The first kappa shape index (κ1) is 25.6. The molecule has 0 spiro atoms. The molecule has 3 rings (SSSR count). The molecule has 1 amide bonds. The molecule has 182 valence electrons. The van der Waals surface area contributed by atoms with Gasteiger partial charge in [0.05, 0.1) is 11.7 Å². The van der Waals surface area contributed by atoms with Gasteiger partial charge < -0.3 is 15.0 Å². The van der Waals surface area contributed by atoms with Gasteiger partial charge in [-0.3, -0.25) is 9.97 Å². The summed E-state index contributed by atoms with van der Waals surface area (Å²) >= 11 is 0. The van der Waals surface area contributed by atoms with E-state index in [2.05, 4.69) is 55.6 Å². The number of pyridine rings is 2. The number of aromatic nitrogens is 2. The molecule has 6 nitrogen and oxygen atoms in total. The summed E-state index contributed by atoms with van der Waals surface area (Å²) in [6.07, 6.45) is 6.14. The van der Waals surface area contributed by atoms with Crippen LogP contribution in [0.4, 0.5) is 4.79 Å². The number of carbonyl (C=O) groups excluding carboxylic acids is 1. The highest BCUT2D eigenvalue weighted by Gasteiger charge is 2.20. The maximum Gasteiger partial charge on any atom is 0.410 e. The first-order valence-corrected chi connectivity index (χ1v) is 12.1. The Kier molecular flexibility index (Phi) is 8.61. The van der Waals surface area contributed by atoms with Crippen LogP contribution in [-0.2, 0) is 11.2 Å². The van der Waals surface area contributed by atoms with E-state index in [9.17, 15) is 4.79 Å². The molecule has 1 aromatic carbocycles. The molecule has 6 heteroatoms. The molecule has 0 fully saturated rings. The molecule has 0 aliphatic carbocycles. The summed E-state index contributed by atoms with van der Waals surface area (Å²) in [6, 6.07) is 12.7. The van der Waals surface area contributed by atoms with Crippen molar-refractivity contribution in [1.82, 2.24) is 20.2 Å². The van der Waals surface area contributed by atoms with Crippen LogP contribution in [0, 0.1) is 13.8 Å². The predicted octanol–water partition coefficient (Wildman–Crippen LogP) is 5.77. The number of fused-ring (bicyclic) bond motifs is 1. The quantitative estimate of drug-likeness (QED) is 0.409. The molecule has 0 saturated heterocycles. The second-order valence-electron chi connectivity index (χ2n) is 10.0. The lowest BCUT2D eigenvalue weighted by Crippen LogP contribution is -2.35. The molecule has 0 aliphatic heterocycles. The smallest absolute Gasteiger partial charge is 0.410 e. The van der Waals surface area contributed by atoms with Crippen molar-refractivity contribution in [1.29, 1.82) is 0 Å². The van der Waals surface area contributed by atoms with Gasteiger partial charge in [-0.15, -0.1) is 0 Å². The van der Waals surface area contributed by atoms with Gasteiger partial charge in [0.1, 0.15) is 5.60 Å². The highest BCUT2D eigenvalue weighted by molar-refractivity contribution is 5.84. The van der Waals surface area contributed by atoms with Gasteiger partial charge in [0.25, 0.3) is 0 Å². The van der Waals surface area contributed by atoms with Crippen LogP contribution < -0.4 is 5.32 Å². The normalized spacial score (nSPS) is 12.5. The van der Waals surface area contributed by atoms with Crippen LogP contribution in [-0.4, -0.2) is 46.7 Å². The first-order chi connectivity index (χ1) is 16.1. The third kappa shape index (κ3) is 7.26. The van der Waals surface area contributed by atoms with Gasteiger partial charge in [0.2, 0.25) is 0 Å². The van der Waals surface area contributed by atoms with Gasteiger partial charge in [-0.05, 0) is 76.6 Å². The topological polar surface area (TPSA) is 67.4 Å². The lowest BCUT2D eigenvalue weighted by Gasteiger charge is -2.25. The number of aryl methyl sites for hydroxylation is 2. The van der Waals surface area contributed by atoms with Gasteiger partial charge in [-0.2, -0.15) is 0 Å². The summed E-state index contributed by atoms with van der Waals surface area (Å²) in [6.45, 7) is 11.3. The Morgan fingerprint density at radius 2 is 1.88 bits per heavy atom. The highest BCUT2D eigenvalue weighted by Crippen LogP contribution is 2.25. The summed E-state index contributed by atoms with van der Waals surface area (Å²) in [5.74, 6) is 0. The van der Waals surface area contributed by atoms with Crippen molar-refractivity contribution in [3.63, 3.8) is 0 Å². The highest BCUT2D eigenvalue weighted by atomic mass is 16.6. The fraction of sp³-hybridized carbons (Fsp3) is 0.464. The molecule has 2 heterocycles. The fourth-order valence-corrected chi connectivity index (χ4v) is 4.02. The monoisotopic (exact) mass is 462 g/mol. The zero-order valence-corrected chi connectivity index (χ0v) is 21.4. The molecule has 2 aromatic heterocycles. The summed E-state index contributed by atoms with van der Waals surface area (Å²) in [5, 5.41) is 6.07. The second kappa shape index (κ2) is 11.4. The summed E-state index contributed by atoms with van der Waals surface area (Å²) in [7, 11) is 1.79. The number of benzene rings is 1. The summed E-state index contributed by atoms with van der Waals surface area (Å²) in [4.78, 5) is 23.3. The van der Waals surface area contributed by atoms with Gasteiger partial charge in [-0.25, -0.2) is 4.79 Å². The molecule has 0 aliphatic rings. The minimum Gasteiger partial charge on any atom is -0.444 e. The van der Waals surface area contributed by atoms with Gasteiger partial charge in [0, 0.05) is 43.5 Å². The Balaban J connectivity index is 1.67. The maximum atomic E-state index is 12.2. The average Bonchev–Trinajstić information content (AvgIpc) is 2.78. The number of amides is 1. The maximum absolute atomic E-state index is 12.2. The van der Waals surface area contributed by atoms with Crippen LogP contribution in [0.2, 0.25) is 0 Å². The van der Waals surface area contributed by atoms with E-state index in [-0.39, 0.29) is 12.1 Å². The summed E-state index contributed by atoms with van der Waals surface area (Å²) in [5.41, 5.74) is 4.02. The number of hydrogen-bond donors (Lipinski definition) is 1. The van der Waals surface area contributed by atoms with Crippen LogP contribution in [0.1, 0.15) is 62.2 Å². The van der Waals surface area contributed by atoms with E-state index in [1.165, 1.54) is 16.5 Å². The molecule has 1 N–H and O–H groups in total. The number of unbranched alkanes of at least 4 members (excludes halogenated alkanes) is 1. The van der Waals surface area contributed by atoms with Crippen LogP contribution in [0.3, 0.4) is 0 Å². The molecular formula is C28H38N4O2. The minimum atomic E-state index is -0.478. The van der Waals surface area contributed by atoms with Gasteiger partial charge in [-0.1, -0.05) is 30.3 Å². The molecule has 1 unspecified atom stereocenters. The Morgan fingerprint density at radius 3 is 2.62 bits per heavy atom. The molecule has 1 atom stereocenters. The van der Waals surface area contributed by atoms with E-state index >= 15 is 0 Å². The van der Waals surface area contributed by atoms with Crippen molar-refractivity contribution in [2.24, 2.45) is 0 Å². The standard InChI is InChI=1S/C28H38N4O2/c1-20-17-21(2)24(31-19-20)18-25(26-23-12-8-7-11-22(23)13-15-30-26)29-14-9-10-16-32(6)27(33)34-28(3,4)5/h7-8,11-13,15,17,19,25,29H,9-10,14,16,18H2,1-6H3. The first-order valence-electron chi connectivity index (χ1n) is 12.1. The van der Waals surface area contributed by atoms with Gasteiger partial charge >= 0.3 is 6.09 Å². The number of nitrogens with one attached hydrogen (secondary N) is 1. The van der Waals surface area contributed by atoms with E-state index in [1.54, 1.807) is 11.9 Å². The number of nitrogens with zero attached hydrogens (tertiary/aromatic N) is 3. The second-order valence-corrected chi connectivity index (χ2v) is 10.0. The molecule has 34 heavy (non-hydrogen) atoms. The number of carbonyl (C=O) groups is 1. The summed E-state index contributed by atoms with van der Waals surface area (Å²) < 4.78 is 5.44. The van der Waals surface area contributed by atoms with E-state index in [0.29, 0.717) is 6.54 Å². The fourth-order valence-electron chi connectivity index (χ4n) is 4.02. The predicted molar refractivity (Wildman–Crippen MR) is 138 cm³/mol. The van der Waals surface area contributed by atoms with Crippen molar-refractivity contribution in [2.45, 2.75) is 65.5 Å². The van der Waals surface area contributed by atoms with Crippen molar-refractivity contribution in [3.8, 4) is 0 Å². The minimum absolute atomic E-state index is 0.0450. The van der Waals surface area contributed by atoms with E-state index < -0.39 is 5.60 Å². The largest absolute Gasteiger partial charge is 0.444 e. The Labute approximate surface area is 203 Å². The van der Waals surface area contributed by atoms with Crippen LogP contribution in [0.15, 0.2) is 48.8 Å². The lowest BCUT2D eigenvalue weighted by atomic mass is 9.98. The van der Waals surface area contributed by atoms with Crippen molar-refractivity contribution >= 4 is 16.9 Å². The van der Waals surface area contributed by atoms with Crippen molar-refractivity contribution in [3.05, 3.63) is 71.3 Å². The number of ether oxygens (including phenoxy) is 1. The van der Waals surface area contributed by atoms with E-state index in [4.69, 9.17) is 14.7 Å². The third-order valence-electron chi connectivity index (χ3n) is 5.77. The Hall–Kier alpha value is -2.99. The third-order valence-corrected chi connectivity index (χ3v) is 5.77. The molecule has 0 saturated carbocycles. The zero-order chi connectivity index (χ0) is 24.7. The Bertz CT molecular complexity index is 1100. The van der Waals surface area contributed by atoms with E-state index in [1.807, 2.05) is 33.2 Å². The Morgan fingerprint density at radius 1 is 1.12 bits per heavy atom. The van der Waals surface area contributed by atoms with Crippen molar-refractivity contribution in [2.75, 3.05) is 20.1 Å².